The molecular formula is C12H5BrClF3N2O2. The molecule has 3 N–H and O–H groups in total. The van der Waals surface area contributed by atoms with E-state index in [-0.39, 0.29) is 4.47 Å². The van der Waals surface area contributed by atoms with Gasteiger partial charge in [-0.25, -0.2) is 22.9 Å². The van der Waals surface area contributed by atoms with Gasteiger partial charge in [-0.1, -0.05) is 11.6 Å². The summed E-state index contributed by atoms with van der Waals surface area (Å²) in [5.41, 5.74) is 2.57. The summed E-state index contributed by atoms with van der Waals surface area (Å²) in [5.74, 6) is -5.47. The monoisotopic (exact) mass is 380 g/mol. The molecule has 0 atom stereocenters. The number of benzene rings is 1. The Labute approximate surface area is 129 Å². The molecule has 110 valence electrons. The summed E-state index contributed by atoms with van der Waals surface area (Å²) < 4.78 is 41.2. The van der Waals surface area contributed by atoms with Gasteiger partial charge in [-0.05, 0) is 28.1 Å². The van der Waals surface area contributed by atoms with Crippen LogP contribution < -0.4 is 5.73 Å². The normalized spacial score (nSPS) is 10.7. The van der Waals surface area contributed by atoms with Gasteiger partial charge in [0.25, 0.3) is 0 Å². The van der Waals surface area contributed by atoms with Crippen LogP contribution in [0, 0.1) is 17.5 Å². The Hall–Kier alpha value is -1.80. The molecule has 1 aromatic carbocycles. The second-order valence-corrected chi connectivity index (χ2v) is 5.11. The maximum Gasteiger partial charge on any atom is 0.356 e. The predicted molar refractivity (Wildman–Crippen MR) is 73.6 cm³/mol. The Morgan fingerprint density at radius 3 is 2.43 bits per heavy atom. The number of nitrogens with zero attached hydrogens (tertiary/aromatic N) is 1. The second kappa shape index (κ2) is 5.53. The van der Waals surface area contributed by atoms with Crippen molar-refractivity contribution in [2.45, 2.75) is 0 Å². The van der Waals surface area contributed by atoms with E-state index in [1.54, 1.807) is 0 Å². The summed E-state index contributed by atoms with van der Waals surface area (Å²) >= 11 is 8.33. The molecule has 0 bridgehead atoms. The maximum absolute atomic E-state index is 14.0. The summed E-state index contributed by atoms with van der Waals surface area (Å²) in [4.78, 5) is 14.4. The lowest BCUT2D eigenvalue weighted by Crippen LogP contribution is -2.09. The summed E-state index contributed by atoms with van der Waals surface area (Å²) in [6.07, 6.45) is 0. The van der Waals surface area contributed by atoms with Crippen molar-refractivity contribution in [2.24, 2.45) is 0 Å². The summed E-state index contributed by atoms with van der Waals surface area (Å²) in [5, 5.41) is 8.31. The lowest BCUT2D eigenvalue weighted by molar-refractivity contribution is 0.0691. The van der Waals surface area contributed by atoms with Gasteiger partial charge in [0, 0.05) is 5.56 Å². The number of anilines is 1. The van der Waals surface area contributed by atoms with Gasteiger partial charge in [-0.2, -0.15) is 0 Å². The molecule has 0 aliphatic heterocycles. The molecule has 1 heterocycles. The molecule has 0 unspecified atom stereocenters. The highest BCUT2D eigenvalue weighted by Gasteiger charge is 2.24. The number of nitrogens with two attached hydrogens (primary N) is 1. The number of carboxylic acid groups (broad SMARTS) is 1. The van der Waals surface area contributed by atoms with E-state index in [1.165, 1.54) is 0 Å². The molecule has 21 heavy (non-hydrogen) atoms. The predicted octanol–water partition coefficient (Wildman–Crippen LogP) is 3.86. The van der Waals surface area contributed by atoms with Gasteiger partial charge in [0.1, 0.15) is 5.69 Å². The van der Waals surface area contributed by atoms with Crippen LogP contribution in [0.2, 0.25) is 5.02 Å². The molecule has 0 aliphatic rings. The van der Waals surface area contributed by atoms with Gasteiger partial charge in [0.15, 0.2) is 23.1 Å². The number of nitrogen functional groups attached to an aromatic ring is 1. The third kappa shape index (κ3) is 2.56. The van der Waals surface area contributed by atoms with Gasteiger partial charge in [0.05, 0.1) is 15.2 Å². The van der Waals surface area contributed by atoms with Crippen LogP contribution in [0.25, 0.3) is 11.3 Å². The standard InChI is InChI=1S/C12H5BrClF3N2O2/c13-4-2-1-3(6(15)7(4)16)10-8(17)9(18)5(14)11(19-10)12(20)21/h1-2H,(H2,18,19)(H,20,21). The first-order chi connectivity index (χ1) is 9.75. The third-order valence-electron chi connectivity index (χ3n) is 2.61. The minimum atomic E-state index is -1.58. The van der Waals surface area contributed by atoms with Crippen LogP contribution in [0.3, 0.4) is 0 Å². The number of carbonyl (C=O) groups is 1. The molecule has 1 aromatic heterocycles. The van der Waals surface area contributed by atoms with Gasteiger partial charge < -0.3 is 10.8 Å². The van der Waals surface area contributed by atoms with Gasteiger partial charge >= 0.3 is 5.97 Å². The SMILES string of the molecule is Nc1c(F)c(-c2ccc(Br)c(F)c2F)nc(C(=O)O)c1Cl. The zero-order valence-corrected chi connectivity index (χ0v) is 12.3. The number of hydrogen-bond donors (Lipinski definition) is 2. The largest absolute Gasteiger partial charge is 0.476 e. The van der Waals surface area contributed by atoms with E-state index in [0.717, 1.165) is 12.1 Å². The highest BCUT2D eigenvalue weighted by Crippen LogP contribution is 2.34. The van der Waals surface area contributed by atoms with E-state index in [4.69, 9.17) is 22.4 Å². The highest BCUT2D eigenvalue weighted by molar-refractivity contribution is 9.10. The Bertz CT molecular complexity index is 771. The van der Waals surface area contributed by atoms with Crippen LogP contribution in [-0.2, 0) is 0 Å². The molecule has 0 saturated carbocycles. The van der Waals surface area contributed by atoms with Crippen molar-refractivity contribution in [2.75, 3.05) is 5.73 Å². The van der Waals surface area contributed by atoms with Crippen molar-refractivity contribution >= 4 is 39.2 Å². The first-order valence-electron chi connectivity index (χ1n) is 5.27. The molecule has 2 rings (SSSR count). The molecular weight excluding hydrogens is 376 g/mol. The Morgan fingerprint density at radius 1 is 1.24 bits per heavy atom. The van der Waals surface area contributed by atoms with Crippen molar-refractivity contribution in [1.82, 2.24) is 4.98 Å². The first-order valence-corrected chi connectivity index (χ1v) is 6.44. The average Bonchev–Trinajstić information content (AvgIpc) is 2.43. The lowest BCUT2D eigenvalue weighted by atomic mass is 10.1. The molecule has 9 heteroatoms. The smallest absolute Gasteiger partial charge is 0.356 e. The molecule has 0 fully saturated rings. The number of rotatable bonds is 2. The van der Waals surface area contributed by atoms with Crippen LogP contribution in [0.4, 0.5) is 18.9 Å². The molecule has 0 aliphatic carbocycles. The summed E-state index contributed by atoms with van der Waals surface area (Å²) in [6.45, 7) is 0. The lowest BCUT2D eigenvalue weighted by Gasteiger charge is -2.10. The van der Waals surface area contributed by atoms with Gasteiger partial charge in [-0.3, -0.25) is 0 Å². The van der Waals surface area contributed by atoms with Crippen LogP contribution >= 0.6 is 27.5 Å². The molecule has 0 spiro atoms. The molecule has 0 saturated heterocycles. The van der Waals surface area contributed by atoms with Crippen molar-refractivity contribution < 1.29 is 23.1 Å². The molecule has 0 amide bonds. The number of carboxylic acids is 1. The topological polar surface area (TPSA) is 76.2 Å². The fourth-order valence-corrected chi connectivity index (χ4v) is 2.10. The van der Waals surface area contributed by atoms with E-state index in [0.29, 0.717) is 0 Å². The third-order valence-corrected chi connectivity index (χ3v) is 3.60. The van der Waals surface area contributed by atoms with Crippen molar-refractivity contribution in [3.05, 3.63) is 44.8 Å². The van der Waals surface area contributed by atoms with Gasteiger partial charge in [-0.15, -0.1) is 0 Å². The quantitative estimate of drug-likeness (QED) is 0.775. The Morgan fingerprint density at radius 2 is 1.86 bits per heavy atom. The number of pyridine rings is 1. The minimum absolute atomic E-state index is 0.176. The zero-order valence-electron chi connectivity index (χ0n) is 9.92. The molecule has 2 aromatic rings. The maximum atomic E-state index is 14.0. The number of hydrogen-bond acceptors (Lipinski definition) is 3. The molecule has 0 radical (unpaired) electrons. The van der Waals surface area contributed by atoms with Crippen LogP contribution in [0.15, 0.2) is 16.6 Å². The fourth-order valence-electron chi connectivity index (χ4n) is 1.59. The summed E-state index contributed by atoms with van der Waals surface area (Å²) in [7, 11) is 0. The van der Waals surface area contributed by atoms with Crippen molar-refractivity contribution in [3.8, 4) is 11.3 Å². The minimum Gasteiger partial charge on any atom is -0.476 e. The van der Waals surface area contributed by atoms with Crippen molar-refractivity contribution in [3.63, 3.8) is 0 Å². The van der Waals surface area contributed by atoms with Gasteiger partial charge in [0.2, 0.25) is 0 Å². The second-order valence-electron chi connectivity index (χ2n) is 3.88. The van der Waals surface area contributed by atoms with E-state index in [9.17, 15) is 18.0 Å². The first kappa shape index (κ1) is 15.6. The number of aromatic carboxylic acids is 1. The number of aromatic nitrogens is 1. The van der Waals surface area contributed by atoms with E-state index in [2.05, 4.69) is 20.9 Å². The van der Waals surface area contributed by atoms with Crippen molar-refractivity contribution in [1.29, 1.82) is 0 Å². The Balaban J connectivity index is 2.82. The average molecular weight is 382 g/mol. The van der Waals surface area contributed by atoms with Crippen LogP contribution in [-0.4, -0.2) is 16.1 Å². The van der Waals surface area contributed by atoms with Crippen LogP contribution in [0.1, 0.15) is 10.5 Å². The van der Waals surface area contributed by atoms with Crippen LogP contribution in [0.5, 0.6) is 0 Å². The van der Waals surface area contributed by atoms with E-state index >= 15 is 0 Å². The summed E-state index contributed by atoms with van der Waals surface area (Å²) in [6, 6.07) is 2.16. The Kier molecular flexibility index (Phi) is 4.11. The fraction of sp³-hybridized carbons (Fsp3) is 0. The highest BCUT2D eigenvalue weighted by atomic mass is 79.9. The molecule has 4 nitrogen and oxygen atoms in total. The number of halogens is 5. The zero-order chi connectivity index (χ0) is 15.9. The van der Waals surface area contributed by atoms with E-state index < -0.39 is 51.1 Å². The van der Waals surface area contributed by atoms with E-state index in [1.807, 2.05) is 0 Å².